The van der Waals surface area contributed by atoms with Gasteiger partial charge in [0.2, 0.25) is 0 Å². The topological polar surface area (TPSA) is 12.0 Å². The Bertz CT molecular complexity index is 398. The van der Waals surface area contributed by atoms with Crippen molar-refractivity contribution in [2.24, 2.45) is 11.8 Å². The Kier molecular flexibility index (Phi) is 5.92. The van der Waals surface area contributed by atoms with E-state index in [1.54, 1.807) is 0 Å². The molecule has 1 N–H and O–H groups in total. The van der Waals surface area contributed by atoms with Crippen molar-refractivity contribution in [1.29, 1.82) is 0 Å². The van der Waals surface area contributed by atoms with Crippen LogP contribution in [0.1, 0.15) is 64.5 Å². The van der Waals surface area contributed by atoms with E-state index in [9.17, 15) is 0 Å². The van der Waals surface area contributed by atoms with Gasteiger partial charge in [0.25, 0.3) is 0 Å². The minimum atomic E-state index is 0.412. The van der Waals surface area contributed by atoms with E-state index < -0.39 is 0 Å². The van der Waals surface area contributed by atoms with Crippen LogP contribution in [-0.4, -0.2) is 6.04 Å². The second-order valence-corrected chi connectivity index (χ2v) is 7.24. The first-order valence-corrected chi connectivity index (χ1v) is 8.44. The van der Waals surface area contributed by atoms with Crippen LogP contribution in [0.15, 0.2) is 24.3 Å². The highest BCUT2D eigenvalue weighted by Gasteiger charge is 2.23. The lowest BCUT2D eigenvalue weighted by atomic mass is 9.81. The van der Waals surface area contributed by atoms with Crippen LogP contribution in [0.2, 0.25) is 5.02 Å². The first kappa shape index (κ1) is 15.9. The van der Waals surface area contributed by atoms with Crippen LogP contribution in [-0.2, 0) is 0 Å². The Morgan fingerprint density at radius 1 is 1.15 bits per heavy atom. The predicted molar refractivity (Wildman–Crippen MR) is 88.2 cm³/mol. The number of hydrogen-bond acceptors (Lipinski definition) is 1. The highest BCUT2D eigenvalue weighted by molar-refractivity contribution is 6.30. The van der Waals surface area contributed by atoms with Gasteiger partial charge < -0.3 is 5.32 Å². The highest BCUT2D eigenvalue weighted by Crippen LogP contribution is 2.30. The minimum absolute atomic E-state index is 0.412. The third-order valence-electron chi connectivity index (χ3n) is 4.44. The number of rotatable bonds is 5. The van der Waals surface area contributed by atoms with Gasteiger partial charge in [0, 0.05) is 17.1 Å². The SMILES string of the molecule is CC(C)CC1CCCC(NC(C)c2ccc(Cl)cc2)C1. The van der Waals surface area contributed by atoms with Gasteiger partial charge in [0.1, 0.15) is 0 Å². The monoisotopic (exact) mass is 293 g/mol. The van der Waals surface area contributed by atoms with Gasteiger partial charge in [-0.2, -0.15) is 0 Å². The molecular weight excluding hydrogens is 266 g/mol. The van der Waals surface area contributed by atoms with E-state index >= 15 is 0 Å². The summed E-state index contributed by atoms with van der Waals surface area (Å²) in [6.45, 7) is 6.94. The van der Waals surface area contributed by atoms with E-state index in [0.29, 0.717) is 12.1 Å². The van der Waals surface area contributed by atoms with Crippen molar-refractivity contribution in [3.63, 3.8) is 0 Å². The Morgan fingerprint density at radius 2 is 1.85 bits per heavy atom. The molecule has 1 saturated carbocycles. The quantitative estimate of drug-likeness (QED) is 0.745. The summed E-state index contributed by atoms with van der Waals surface area (Å²) in [7, 11) is 0. The lowest BCUT2D eigenvalue weighted by Crippen LogP contribution is -2.36. The zero-order valence-electron chi connectivity index (χ0n) is 13.0. The van der Waals surface area contributed by atoms with Crippen LogP contribution in [0, 0.1) is 11.8 Å². The second-order valence-electron chi connectivity index (χ2n) is 6.80. The van der Waals surface area contributed by atoms with E-state index in [1.807, 2.05) is 12.1 Å². The van der Waals surface area contributed by atoms with Gasteiger partial charge in [0.05, 0.1) is 0 Å². The Balaban J connectivity index is 1.87. The van der Waals surface area contributed by atoms with Gasteiger partial charge in [-0.25, -0.2) is 0 Å². The molecule has 1 aromatic carbocycles. The molecule has 2 rings (SSSR count). The molecule has 0 heterocycles. The van der Waals surface area contributed by atoms with Crippen molar-refractivity contribution in [2.75, 3.05) is 0 Å². The van der Waals surface area contributed by atoms with Crippen LogP contribution < -0.4 is 5.32 Å². The minimum Gasteiger partial charge on any atom is -0.307 e. The maximum Gasteiger partial charge on any atom is 0.0406 e. The zero-order valence-corrected chi connectivity index (χ0v) is 13.8. The van der Waals surface area contributed by atoms with Crippen LogP contribution in [0.25, 0.3) is 0 Å². The summed E-state index contributed by atoms with van der Waals surface area (Å²) in [5.41, 5.74) is 1.33. The van der Waals surface area contributed by atoms with E-state index in [0.717, 1.165) is 16.9 Å². The fourth-order valence-electron chi connectivity index (χ4n) is 3.52. The summed E-state index contributed by atoms with van der Waals surface area (Å²) in [5.74, 6) is 1.74. The van der Waals surface area contributed by atoms with E-state index in [1.165, 1.54) is 37.7 Å². The van der Waals surface area contributed by atoms with Crippen molar-refractivity contribution < 1.29 is 0 Å². The van der Waals surface area contributed by atoms with Gasteiger partial charge in [-0.05, 0) is 55.7 Å². The normalized spacial score (nSPS) is 24.9. The van der Waals surface area contributed by atoms with Gasteiger partial charge in [-0.1, -0.05) is 50.4 Å². The molecule has 0 amide bonds. The van der Waals surface area contributed by atoms with Gasteiger partial charge >= 0.3 is 0 Å². The molecule has 0 aromatic heterocycles. The third-order valence-corrected chi connectivity index (χ3v) is 4.70. The van der Waals surface area contributed by atoms with Gasteiger partial charge in [-0.15, -0.1) is 0 Å². The molecule has 0 radical (unpaired) electrons. The van der Waals surface area contributed by atoms with Gasteiger partial charge in [-0.3, -0.25) is 0 Å². The average molecular weight is 294 g/mol. The fraction of sp³-hybridized carbons (Fsp3) is 0.667. The number of halogens is 1. The molecule has 1 aromatic rings. The molecule has 0 saturated heterocycles. The number of hydrogen-bond donors (Lipinski definition) is 1. The molecule has 0 bridgehead atoms. The molecule has 1 fully saturated rings. The molecule has 2 heteroatoms. The molecular formula is C18H28ClN. The Labute approximate surface area is 129 Å². The number of nitrogens with one attached hydrogen (secondary N) is 1. The van der Waals surface area contributed by atoms with Crippen molar-refractivity contribution in [1.82, 2.24) is 5.32 Å². The van der Waals surface area contributed by atoms with Crippen LogP contribution in [0.5, 0.6) is 0 Å². The molecule has 1 aliphatic rings. The standard InChI is InChI=1S/C18H28ClN/c1-13(2)11-15-5-4-6-18(12-15)20-14(3)16-7-9-17(19)10-8-16/h7-10,13-15,18,20H,4-6,11-12H2,1-3H3. The molecule has 0 aliphatic heterocycles. The molecule has 1 nitrogen and oxygen atoms in total. The van der Waals surface area contributed by atoms with E-state index in [-0.39, 0.29) is 0 Å². The smallest absolute Gasteiger partial charge is 0.0406 e. The third kappa shape index (κ3) is 4.79. The zero-order chi connectivity index (χ0) is 14.5. The highest BCUT2D eigenvalue weighted by atomic mass is 35.5. The van der Waals surface area contributed by atoms with Crippen LogP contribution >= 0.6 is 11.6 Å². The van der Waals surface area contributed by atoms with E-state index in [2.05, 4.69) is 38.2 Å². The molecule has 0 spiro atoms. The fourth-order valence-corrected chi connectivity index (χ4v) is 3.65. The maximum atomic E-state index is 5.96. The van der Waals surface area contributed by atoms with Gasteiger partial charge in [0.15, 0.2) is 0 Å². The van der Waals surface area contributed by atoms with E-state index in [4.69, 9.17) is 11.6 Å². The first-order chi connectivity index (χ1) is 9.54. The maximum absolute atomic E-state index is 5.96. The van der Waals surface area contributed by atoms with Crippen molar-refractivity contribution in [2.45, 2.75) is 65.0 Å². The molecule has 3 atom stereocenters. The summed E-state index contributed by atoms with van der Waals surface area (Å²) < 4.78 is 0. The summed E-state index contributed by atoms with van der Waals surface area (Å²) >= 11 is 5.96. The Hall–Kier alpha value is -0.530. The lowest BCUT2D eigenvalue weighted by Gasteiger charge is -2.33. The summed E-state index contributed by atoms with van der Waals surface area (Å²) in [4.78, 5) is 0. The summed E-state index contributed by atoms with van der Waals surface area (Å²) in [5, 5.41) is 4.63. The van der Waals surface area contributed by atoms with Crippen LogP contribution in [0.3, 0.4) is 0 Å². The average Bonchev–Trinajstić information content (AvgIpc) is 2.39. The summed E-state index contributed by atoms with van der Waals surface area (Å²) in [6.07, 6.45) is 6.85. The first-order valence-electron chi connectivity index (χ1n) is 8.06. The van der Waals surface area contributed by atoms with Crippen molar-refractivity contribution in [3.8, 4) is 0 Å². The molecule has 3 unspecified atom stereocenters. The number of benzene rings is 1. The van der Waals surface area contributed by atoms with Crippen molar-refractivity contribution in [3.05, 3.63) is 34.9 Å². The van der Waals surface area contributed by atoms with Crippen LogP contribution in [0.4, 0.5) is 0 Å². The molecule has 112 valence electrons. The predicted octanol–water partition coefficient (Wildman–Crippen LogP) is 5.60. The Morgan fingerprint density at radius 3 is 2.50 bits per heavy atom. The summed E-state index contributed by atoms with van der Waals surface area (Å²) in [6, 6.07) is 9.32. The largest absolute Gasteiger partial charge is 0.307 e. The molecule has 1 aliphatic carbocycles. The second kappa shape index (κ2) is 7.47. The van der Waals surface area contributed by atoms with Crippen molar-refractivity contribution >= 4 is 11.6 Å². The lowest BCUT2D eigenvalue weighted by molar-refractivity contribution is 0.242. The molecule has 20 heavy (non-hydrogen) atoms.